The van der Waals surface area contributed by atoms with E-state index in [0.717, 1.165) is 15.4 Å². The maximum Gasteiger partial charge on any atom is 0.195 e. The van der Waals surface area contributed by atoms with Crippen LogP contribution in [0.4, 0.5) is 4.39 Å². The minimum Gasteiger partial charge on any atom is -0.494 e. The number of fused-ring (bicyclic) bond motifs is 1. The first kappa shape index (κ1) is 13.8. The first-order valence-electron chi connectivity index (χ1n) is 6.25. The fourth-order valence-electron chi connectivity index (χ4n) is 2.28. The Hall–Kier alpha value is -2.14. The molecule has 21 heavy (non-hydrogen) atoms. The van der Waals surface area contributed by atoms with E-state index in [1.807, 2.05) is 18.2 Å². The lowest BCUT2D eigenvalue weighted by Gasteiger charge is -2.05. The van der Waals surface area contributed by atoms with Crippen LogP contribution in [0.3, 0.4) is 0 Å². The van der Waals surface area contributed by atoms with E-state index in [2.05, 4.69) is 20.9 Å². The molecule has 1 N–H and O–H groups in total. The zero-order valence-corrected chi connectivity index (χ0v) is 12.7. The van der Waals surface area contributed by atoms with E-state index in [4.69, 9.17) is 4.74 Å². The number of carbonyl (C=O) groups is 1. The van der Waals surface area contributed by atoms with Gasteiger partial charge in [0.05, 0.1) is 7.11 Å². The van der Waals surface area contributed by atoms with Crippen LogP contribution in [0.5, 0.6) is 5.75 Å². The van der Waals surface area contributed by atoms with Gasteiger partial charge < -0.3 is 9.72 Å². The fraction of sp³-hybridized carbons (Fsp3) is 0.0625. The third-order valence-electron chi connectivity index (χ3n) is 3.31. The van der Waals surface area contributed by atoms with E-state index in [1.165, 1.54) is 25.3 Å². The Balaban J connectivity index is 2.13. The molecule has 3 nitrogen and oxygen atoms in total. The second-order valence-corrected chi connectivity index (χ2v) is 5.40. The van der Waals surface area contributed by atoms with Crippen molar-refractivity contribution in [3.8, 4) is 5.75 Å². The molecular weight excluding hydrogens is 337 g/mol. The summed E-state index contributed by atoms with van der Waals surface area (Å²) in [6, 6.07) is 9.75. The number of ether oxygens (including phenoxy) is 1. The van der Waals surface area contributed by atoms with Crippen LogP contribution in [0.25, 0.3) is 10.9 Å². The van der Waals surface area contributed by atoms with Crippen molar-refractivity contribution in [1.82, 2.24) is 4.98 Å². The van der Waals surface area contributed by atoms with Crippen molar-refractivity contribution in [2.45, 2.75) is 0 Å². The first-order valence-corrected chi connectivity index (χ1v) is 7.05. The molecule has 0 aliphatic rings. The van der Waals surface area contributed by atoms with Gasteiger partial charge in [-0.1, -0.05) is 22.0 Å². The van der Waals surface area contributed by atoms with E-state index < -0.39 is 5.82 Å². The Morgan fingerprint density at radius 3 is 2.86 bits per heavy atom. The number of nitrogens with one attached hydrogen (secondary N) is 1. The van der Waals surface area contributed by atoms with Gasteiger partial charge in [0, 0.05) is 32.7 Å². The summed E-state index contributed by atoms with van der Waals surface area (Å²) in [5, 5.41) is 0.811. The molecule has 1 heterocycles. The van der Waals surface area contributed by atoms with Gasteiger partial charge in [0.25, 0.3) is 0 Å². The van der Waals surface area contributed by atoms with Crippen LogP contribution in [0.1, 0.15) is 15.9 Å². The smallest absolute Gasteiger partial charge is 0.195 e. The molecule has 1 aromatic heterocycles. The Morgan fingerprint density at radius 1 is 1.29 bits per heavy atom. The predicted octanol–water partition coefficient (Wildman–Crippen LogP) is 4.31. The first-order chi connectivity index (χ1) is 10.1. The van der Waals surface area contributed by atoms with Crippen LogP contribution in [0.15, 0.2) is 47.1 Å². The summed E-state index contributed by atoms with van der Waals surface area (Å²) in [4.78, 5) is 15.7. The molecule has 0 aliphatic heterocycles. The summed E-state index contributed by atoms with van der Waals surface area (Å²) in [5.74, 6) is -0.625. The van der Waals surface area contributed by atoms with E-state index in [0.29, 0.717) is 11.1 Å². The predicted molar refractivity (Wildman–Crippen MR) is 82.4 cm³/mol. The summed E-state index contributed by atoms with van der Waals surface area (Å²) in [7, 11) is 1.37. The molecule has 3 aromatic rings. The summed E-state index contributed by atoms with van der Waals surface area (Å²) in [5.41, 5.74) is 1.78. The maximum atomic E-state index is 13.4. The van der Waals surface area contributed by atoms with Gasteiger partial charge in [0.15, 0.2) is 17.3 Å². The number of aromatic amines is 1. The number of hydrogen-bond donors (Lipinski definition) is 1. The highest BCUT2D eigenvalue weighted by Crippen LogP contribution is 2.29. The average molecular weight is 348 g/mol. The van der Waals surface area contributed by atoms with Crippen molar-refractivity contribution in [2.24, 2.45) is 0 Å². The molecule has 106 valence electrons. The third-order valence-corrected chi connectivity index (χ3v) is 3.97. The number of ketones is 1. The molecule has 5 heteroatoms. The zero-order chi connectivity index (χ0) is 15.0. The SMILES string of the molecule is COc1cc(C(=O)c2c[nH]c3cccc(Br)c23)ccc1F. The molecule has 0 amide bonds. The van der Waals surface area contributed by atoms with Crippen LogP contribution >= 0.6 is 15.9 Å². The quantitative estimate of drug-likeness (QED) is 0.717. The van der Waals surface area contributed by atoms with Crippen LogP contribution < -0.4 is 4.74 Å². The molecule has 0 saturated heterocycles. The van der Waals surface area contributed by atoms with Crippen molar-refractivity contribution in [3.63, 3.8) is 0 Å². The van der Waals surface area contributed by atoms with Crippen molar-refractivity contribution >= 4 is 32.6 Å². The van der Waals surface area contributed by atoms with Gasteiger partial charge in [-0.2, -0.15) is 0 Å². The monoisotopic (exact) mass is 347 g/mol. The van der Waals surface area contributed by atoms with Gasteiger partial charge in [-0.05, 0) is 30.3 Å². The molecule has 0 aliphatic carbocycles. The highest BCUT2D eigenvalue weighted by Gasteiger charge is 2.17. The van der Waals surface area contributed by atoms with Crippen molar-refractivity contribution < 1.29 is 13.9 Å². The molecule has 0 atom stereocenters. The number of benzene rings is 2. The summed E-state index contributed by atoms with van der Waals surface area (Å²) in [6.45, 7) is 0. The molecular formula is C16H11BrFNO2. The second kappa shape index (κ2) is 5.33. The topological polar surface area (TPSA) is 42.1 Å². The lowest BCUT2D eigenvalue weighted by Crippen LogP contribution is -2.02. The number of rotatable bonds is 3. The van der Waals surface area contributed by atoms with E-state index in [-0.39, 0.29) is 11.5 Å². The number of hydrogen-bond acceptors (Lipinski definition) is 2. The second-order valence-electron chi connectivity index (χ2n) is 4.54. The van der Waals surface area contributed by atoms with E-state index in [9.17, 15) is 9.18 Å². The average Bonchev–Trinajstić information content (AvgIpc) is 2.92. The van der Waals surface area contributed by atoms with Crippen LogP contribution in [-0.2, 0) is 0 Å². The minimum atomic E-state index is -0.492. The lowest BCUT2D eigenvalue weighted by atomic mass is 10.0. The van der Waals surface area contributed by atoms with Gasteiger partial charge in [0.1, 0.15) is 0 Å². The van der Waals surface area contributed by atoms with E-state index >= 15 is 0 Å². The molecule has 0 fully saturated rings. The Kier molecular flexibility index (Phi) is 3.51. The molecule has 0 radical (unpaired) electrons. The third kappa shape index (κ3) is 2.34. The summed E-state index contributed by atoms with van der Waals surface area (Å²) < 4.78 is 19.2. The summed E-state index contributed by atoms with van der Waals surface area (Å²) >= 11 is 3.45. The largest absolute Gasteiger partial charge is 0.494 e. The Bertz CT molecular complexity index is 841. The molecule has 0 bridgehead atoms. The maximum absolute atomic E-state index is 13.4. The van der Waals surface area contributed by atoms with Crippen molar-refractivity contribution in [1.29, 1.82) is 0 Å². The Morgan fingerprint density at radius 2 is 2.10 bits per heavy atom. The molecule has 2 aromatic carbocycles. The molecule has 0 saturated carbocycles. The molecule has 0 unspecified atom stereocenters. The van der Waals surface area contributed by atoms with Gasteiger partial charge >= 0.3 is 0 Å². The van der Waals surface area contributed by atoms with Gasteiger partial charge in [-0.25, -0.2) is 4.39 Å². The van der Waals surface area contributed by atoms with Crippen LogP contribution in [0.2, 0.25) is 0 Å². The minimum absolute atomic E-state index is 0.0553. The number of halogens is 2. The Labute approximate surface area is 128 Å². The van der Waals surface area contributed by atoms with Gasteiger partial charge in [-0.3, -0.25) is 4.79 Å². The number of methoxy groups -OCH3 is 1. The van der Waals surface area contributed by atoms with Crippen molar-refractivity contribution in [3.05, 3.63) is 64.0 Å². The number of aromatic nitrogens is 1. The zero-order valence-electron chi connectivity index (χ0n) is 11.1. The van der Waals surface area contributed by atoms with Crippen molar-refractivity contribution in [2.75, 3.05) is 7.11 Å². The van der Waals surface area contributed by atoms with Crippen LogP contribution in [0, 0.1) is 5.82 Å². The lowest BCUT2D eigenvalue weighted by molar-refractivity contribution is 0.104. The van der Waals surface area contributed by atoms with E-state index in [1.54, 1.807) is 6.20 Å². The highest BCUT2D eigenvalue weighted by molar-refractivity contribution is 9.10. The summed E-state index contributed by atoms with van der Waals surface area (Å²) in [6.07, 6.45) is 1.66. The fourth-order valence-corrected chi connectivity index (χ4v) is 2.86. The number of H-pyrrole nitrogens is 1. The van der Waals surface area contributed by atoms with Crippen LogP contribution in [-0.4, -0.2) is 17.9 Å². The van der Waals surface area contributed by atoms with Gasteiger partial charge in [0.2, 0.25) is 0 Å². The molecule has 3 rings (SSSR count). The molecule has 0 spiro atoms. The number of carbonyl (C=O) groups excluding carboxylic acids is 1. The standard InChI is InChI=1S/C16H11BrFNO2/c1-21-14-7-9(5-6-12(14)18)16(20)10-8-19-13-4-2-3-11(17)15(10)13/h2-8,19H,1H3. The normalized spacial score (nSPS) is 10.8. The van der Waals surface area contributed by atoms with Gasteiger partial charge in [-0.15, -0.1) is 0 Å². The highest BCUT2D eigenvalue weighted by atomic mass is 79.9.